The molecule has 60 valence electrons. The maximum absolute atomic E-state index is 5.05. The Morgan fingerprint density at radius 1 is 1.40 bits per heavy atom. The van der Waals surface area contributed by atoms with Crippen LogP contribution >= 0.6 is 17.1 Å². The fourth-order valence-electron chi connectivity index (χ4n) is 0.296. The largest absolute Gasteiger partial charge is 0.325 e. The first-order valence-electron chi connectivity index (χ1n) is 2.69. The van der Waals surface area contributed by atoms with E-state index in [1.165, 1.54) is 11.4 Å². The van der Waals surface area contributed by atoms with E-state index in [4.69, 9.17) is 20.9 Å². The van der Waals surface area contributed by atoms with Crippen molar-refractivity contribution in [3.05, 3.63) is 11.5 Å². The number of allylic oxidation sites excluding steroid dienone is 1. The van der Waals surface area contributed by atoms with Crippen molar-refractivity contribution in [1.29, 1.82) is 0 Å². The molecule has 0 radical (unpaired) electrons. The molecule has 0 N–H and O–H groups in total. The van der Waals surface area contributed by atoms with Gasteiger partial charge in [-0.2, -0.15) is 0 Å². The Morgan fingerprint density at radius 2 is 1.90 bits per heavy atom. The lowest BCUT2D eigenvalue weighted by molar-refractivity contribution is 0.354. The van der Waals surface area contributed by atoms with Gasteiger partial charge in [0.2, 0.25) is 0 Å². The first-order chi connectivity index (χ1) is 4.68. The van der Waals surface area contributed by atoms with Gasteiger partial charge >= 0.3 is 0 Å². The molecule has 0 saturated carbocycles. The van der Waals surface area contributed by atoms with Crippen molar-refractivity contribution in [3.63, 3.8) is 0 Å². The van der Waals surface area contributed by atoms with Crippen LogP contribution in [0.1, 0.15) is 6.92 Å². The van der Waals surface area contributed by atoms with Gasteiger partial charge < -0.3 is 9.05 Å². The first-order valence-corrected chi connectivity index (χ1v) is 6.82. The normalized spacial score (nSPS) is 12.7. The van der Waals surface area contributed by atoms with Crippen LogP contribution in [0.3, 0.4) is 0 Å². The second-order valence-corrected chi connectivity index (χ2v) is 7.71. The molecule has 0 bridgehead atoms. The molecule has 0 fully saturated rings. The van der Waals surface area contributed by atoms with Crippen LogP contribution in [0.4, 0.5) is 0 Å². The summed E-state index contributed by atoms with van der Waals surface area (Å²) < 4.78 is 10.0. The molecule has 0 aliphatic heterocycles. The molecule has 0 aromatic carbocycles. The van der Waals surface area contributed by atoms with Crippen LogP contribution in [0, 0.1) is 0 Å². The lowest BCUT2D eigenvalue weighted by Crippen LogP contribution is -1.79. The van der Waals surface area contributed by atoms with E-state index >= 15 is 0 Å². The Hall–Kier alpha value is 0.660. The zero-order valence-corrected chi connectivity index (χ0v) is 8.76. The van der Waals surface area contributed by atoms with E-state index in [0.717, 1.165) is 0 Å². The van der Waals surface area contributed by atoms with Crippen LogP contribution in [0.25, 0.3) is 0 Å². The monoisotopic (exact) mass is 198 g/mol. The summed E-state index contributed by atoms with van der Waals surface area (Å²) in [4.78, 5) is 0. The minimum atomic E-state index is -2.03. The molecule has 2 nitrogen and oxygen atoms in total. The maximum atomic E-state index is 5.05. The second-order valence-electron chi connectivity index (χ2n) is 1.39. The third-order valence-electron chi connectivity index (χ3n) is 0.773. The Kier molecular flexibility index (Phi) is 5.68. The van der Waals surface area contributed by atoms with Crippen molar-refractivity contribution in [2.75, 3.05) is 14.2 Å². The van der Waals surface area contributed by atoms with Crippen molar-refractivity contribution in [2.45, 2.75) is 6.92 Å². The quantitative estimate of drug-likeness (QED) is 0.646. The van der Waals surface area contributed by atoms with Gasteiger partial charge in [0.15, 0.2) is 0 Å². The highest BCUT2D eigenvalue weighted by Gasteiger charge is 2.12. The minimum absolute atomic E-state index is 1.42. The van der Waals surface area contributed by atoms with Gasteiger partial charge in [0.05, 0.1) is 0 Å². The molecular weight excluding hydrogens is 187 g/mol. The van der Waals surface area contributed by atoms with Gasteiger partial charge in [-0.15, -0.1) is 0 Å². The Morgan fingerprint density at radius 3 is 2.20 bits per heavy atom. The highest BCUT2D eigenvalue weighted by Crippen LogP contribution is 2.60. The van der Waals surface area contributed by atoms with Gasteiger partial charge in [-0.3, -0.25) is 0 Å². The molecule has 0 aliphatic carbocycles. The number of hydrogen-bond acceptors (Lipinski definition) is 4. The van der Waals surface area contributed by atoms with Gasteiger partial charge in [0, 0.05) is 14.2 Å². The smallest absolute Gasteiger partial charge is 0.250 e. The molecule has 0 amide bonds. The zero-order valence-electron chi connectivity index (χ0n) is 6.23. The summed E-state index contributed by atoms with van der Waals surface area (Å²) in [6.07, 6.45) is 1.91. The minimum Gasteiger partial charge on any atom is -0.325 e. The van der Waals surface area contributed by atoms with E-state index in [-0.39, 0.29) is 0 Å². The van der Waals surface area contributed by atoms with Crippen LogP contribution in [0.15, 0.2) is 11.5 Å². The highest BCUT2D eigenvalue weighted by atomic mass is 32.9. The summed E-state index contributed by atoms with van der Waals surface area (Å²) in [6, 6.07) is 0. The molecular formula is C5H11O2PS2. The van der Waals surface area contributed by atoms with Gasteiger partial charge in [-0.05, 0) is 35.5 Å². The van der Waals surface area contributed by atoms with Gasteiger partial charge in [-0.1, -0.05) is 6.08 Å². The Balaban J connectivity index is 3.94. The lowest BCUT2D eigenvalue weighted by Gasteiger charge is -2.13. The molecule has 0 unspecified atom stereocenters. The van der Waals surface area contributed by atoms with Crippen molar-refractivity contribution >= 4 is 28.9 Å². The van der Waals surface area contributed by atoms with Gasteiger partial charge in [-0.25, -0.2) is 0 Å². The lowest BCUT2D eigenvalue weighted by atomic mass is 10.8. The topological polar surface area (TPSA) is 18.5 Å². The molecule has 0 aromatic heterocycles. The fraction of sp³-hybridized carbons (Fsp3) is 0.600. The van der Waals surface area contributed by atoms with Crippen LogP contribution in [-0.2, 0) is 20.9 Å². The molecule has 0 heterocycles. The summed E-state index contributed by atoms with van der Waals surface area (Å²) in [5, 5.41) is 1.88. The standard InChI is InChI=1S/C5H11O2PS2/c1-4-5-10-8(9,6-2)7-3/h4-5H,1-3H3. The van der Waals surface area contributed by atoms with Crippen molar-refractivity contribution in [1.82, 2.24) is 0 Å². The van der Waals surface area contributed by atoms with E-state index in [1.807, 2.05) is 18.4 Å². The summed E-state index contributed by atoms with van der Waals surface area (Å²) in [6.45, 7) is 1.93. The van der Waals surface area contributed by atoms with Crippen molar-refractivity contribution in [3.8, 4) is 0 Å². The van der Waals surface area contributed by atoms with Crippen LogP contribution in [0.5, 0.6) is 0 Å². The fourth-order valence-corrected chi connectivity index (χ4v) is 2.66. The van der Waals surface area contributed by atoms with Crippen LogP contribution in [0.2, 0.25) is 0 Å². The molecule has 0 rings (SSSR count). The second kappa shape index (κ2) is 5.33. The maximum Gasteiger partial charge on any atom is 0.250 e. The molecule has 0 aromatic rings. The van der Waals surface area contributed by atoms with Crippen molar-refractivity contribution in [2.24, 2.45) is 0 Å². The number of rotatable bonds is 4. The third kappa shape index (κ3) is 3.74. The third-order valence-corrected chi connectivity index (χ3v) is 6.02. The predicted molar refractivity (Wildman–Crippen MR) is 50.7 cm³/mol. The summed E-state index contributed by atoms with van der Waals surface area (Å²) in [7, 11) is 3.14. The average molecular weight is 198 g/mol. The first kappa shape index (κ1) is 10.7. The molecule has 0 saturated heterocycles. The van der Waals surface area contributed by atoms with Crippen LogP contribution in [-0.4, -0.2) is 14.2 Å². The molecule has 10 heavy (non-hydrogen) atoms. The predicted octanol–water partition coefficient (Wildman–Crippen LogP) is 2.77. The Bertz CT molecular complexity index is 150. The average Bonchev–Trinajstić information content (AvgIpc) is 2.00. The highest BCUT2D eigenvalue weighted by molar-refractivity contribution is 8.69. The van der Waals surface area contributed by atoms with Gasteiger partial charge in [0.25, 0.3) is 5.69 Å². The Labute approximate surface area is 70.9 Å². The van der Waals surface area contributed by atoms with E-state index in [0.29, 0.717) is 0 Å². The SMILES string of the molecule is CC=CSP(=S)(OC)OC. The molecule has 5 heteroatoms. The number of hydrogen-bond donors (Lipinski definition) is 0. The molecule has 0 aliphatic rings. The van der Waals surface area contributed by atoms with Crippen LogP contribution < -0.4 is 0 Å². The van der Waals surface area contributed by atoms with Gasteiger partial charge in [0.1, 0.15) is 0 Å². The summed E-state index contributed by atoms with van der Waals surface area (Å²) in [5.74, 6) is 0. The summed E-state index contributed by atoms with van der Waals surface area (Å²) >= 11 is 6.47. The molecule has 0 spiro atoms. The molecule has 0 atom stereocenters. The van der Waals surface area contributed by atoms with Crippen molar-refractivity contribution < 1.29 is 9.05 Å². The van der Waals surface area contributed by atoms with E-state index < -0.39 is 5.69 Å². The van der Waals surface area contributed by atoms with E-state index in [9.17, 15) is 0 Å². The summed E-state index contributed by atoms with van der Waals surface area (Å²) in [5.41, 5.74) is -2.03. The van der Waals surface area contributed by atoms with E-state index in [2.05, 4.69) is 0 Å². The zero-order chi connectivity index (χ0) is 8.04. The van der Waals surface area contributed by atoms with E-state index in [1.54, 1.807) is 14.2 Å².